The van der Waals surface area contributed by atoms with Gasteiger partial charge in [-0.2, -0.15) is 0 Å². The number of benzene rings is 1. The molecule has 2 saturated heterocycles. The molecule has 0 aromatic heterocycles. The molecule has 1 aromatic rings. The first-order valence-electron chi connectivity index (χ1n) is 13.9. The molecule has 6 atom stereocenters. The Bertz CT molecular complexity index is 1040. The summed E-state index contributed by atoms with van der Waals surface area (Å²) in [5, 5.41) is 12.1. The van der Waals surface area contributed by atoms with Gasteiger partial charge in [0.25, 0.3) is 0 Å². The molecule has 2 aliphatic heterocycles. The van der Waals surface area contributed by atoms with Gasteiger partial charge < -0.3 is 19.3 Å². The number of rotatable bonds is 2. The summed E-state index contributed by atoms with van der Waals surface area (Å²) < 4.78 is 18.4. The molecule has 0 bridgehead atoms. The van der Waals surface area contributed by atoms with Gasteiger partial charge >= 0.3 is 0 Å². The van der Waals surface area contributed by atoms with Gasteiger partial charge in [0, 0.05) is 24.2 Å². The second-order valence-corrected chi connectivity index (χ2v) is 12.9. The summed E-state index contributed by atoms with van der Waals surface area (Å²) in [6, 6.07) is 9.63. The van der Waals surface area contributed by atoms with Crippen molar-refractivity contribution >= 4 is 0 Å². The molecule has 7 aliphatic rings. The third-order valence-corrected chi connectivity index (χ3v) is 11.4. The highest BCUT2D eigenvalue weighted by Gasteiger charge is 2.70. The van der Waals surface area contributed by atoms with Gasteiger partial charge in [0.05, 0.1) is 31.0 Å². The van der Waals surface area contributed by atoms with Crippen molar-refractivity contribution in [2.24, 2.45) is 17.3 Å². The third kappa shape index (κ3) is 2.75. The Morgan fingerprint density at radius 1 is 0.882 bits per heavy atom. The van der Waals surface area contributed by atoms with E-state index in [4.69, 9.17) is 14.2 Å². The van der Waals surface area contributed by atoms with Crippen LogP contribution < -0.4 is 0 Å². The fourth-order valence-corrected chi connectivity index (χ4v) is 9.37. The number of hydrogen-bond acceptors (Lipinski definition) is 4. The van der Waals surface area contributed by atoms with Crippen LogP contribution in [-0.4, -0.2) is 41.9 Å². The zero-order valence-electron chi connectivity index (χ0n) is 20.5. The molecule has 4 saturated carbocycles. The van der Waals surface area contributed by atoms with E-state index in [0.29, 0.717) is 37.4 Å². The third-order valence-electron chi connectivity index (χ3n) is 11.4. The molecule has 34 heavy (non-hydrogen) atoms. The Balaban J connectivity index is 1.24. The second kappa shape index (κ2) is 6.76. The molecule has 4 nitrogen and oxygen atoms in total. The first-order chi connectivity index (χ1) is 16.4. The van der Waals surface area contributed by atoms with Crippen LogP contribution in [0.1, 0.15) is 94.1 Å². The Morgan fingerprint density at radius 3 is 2.32 bits per heavy atom. The first kappa shape index (κ1) is 20.9. The molecule has 5 aliphatic carbocycles. The lowest BCUT2D eigenvalue weighted by Crippen LogP contribution is -2.54. The maximum atomic E-state index is 12.1. The number of aliphatic hydroxyl groups is 1. The van der Waals surface area contributed by atoms with E-state index >= 15 is 0 Å². The van der Waals surface area contributed by atoms with Crippen molar-refractivity contribution in [3.8, 4) is 0 Å². The lowest BCUT2D eigenvalue weighted by molar-refractivity contribution is -0.208. The lowest BCUT2D eigenvalue weighted by atomic mass is 9.50. The number of epoxide rings is 1. The molecule has 4 heteroatoms. The van der Waals surface area contributed by atoms with Crippen LogP contribution in [0.3, 0.4) is 0 Å². The number of fused-ring (bicyclic) bond motifs is 5. The minimum atomic E-state index is -0.777. The van der Waals surface area contributed by atoms with E-state index < -0.39 is 11.4 Å². The van der Waals surface area contributed by atoms with E-state index in [0.717, 1.165) is 44.6 Å². The van der Waals surface area contributed by atoms with Gasteiger partial charge in [0.15, 0.2) is 5.79 Å². The van der Waals surface area contributed by atoms with Crippen molar-refractivity contribution in [3.63, 3.8) is 0 Å². The predicted molar refractivity (Wildman–Crippen MR) is 128 cm³/mol. The van der Waals surface area contributed by atoms with E-state index in [2.05, 4.69) is 31.2 Å². The second-order valence-electron chi connectivity index (χ2n) is 12.9. The SMILES string of the molecule is C[C@]12CC(c3ccc(C4CC4)cc3)C3=C4CCC5(C[C@]4(O)CC[C@H]3[C@@H]1CCC21CO1)OCCO5. The molecule has 182 valence electrons. The molecule has 0 amide bonds. The van der Waals surface area contributed by atoms with Crippen LogP contribution in [0.2, 0.25) is 0 Å². The van der Waals surface area contributed by atoms with E-state index in [9.17, 15) is 5.11 Å². The summed E-state index contributed by atoms with van der Waals surface area (Å²) >= 11 is 0. The molecule has 2 heterocycles. The summed E-state index contributed by atoms with van der Waals surface area (Å²) in [5.41, 5.74) is 5.50. The summed E-state index contributed by atoms with van der Waals surface area (Å²) in [7, 11) is 0. The average molecular weight is 463 g/mol. The Morgan fingerprint density at radius 2 is 1.62 bits per heavy atom. The zero-order valence-corrected chi connectivity index (χ0v) is 20.5. The summed E-state index contributed by atoms with van der Waals surface area (Å²) in [5.74, 6) is 1.87. The Kier molecular flexibility index (Phi) is 4.16. The van der Waals surface area contributed by atoms with Crippen LogP contribution in [0, 0.1) is 17.3 Å². The topological polar surface area (TPSA) is 51.2 Å². The molecular formula is C30H38O4. The van der Waals surface area contributed by atoms with E-state index in [-0.39, 0.29) is 11.0 Å². The maximum absolute atomic E-state index is 12.1. The normalized spacial score (nSPS) is 46.5. The van der Waals surface area contributed by atoms with Crippen molar-refractivity contribution in [3.05, 3.63) is 46.5 Å². The highest BCUT2D eigenvalue weighted by Crippen LogP contribution is 2.71. The number of ether oxygens (including phenoxy) is 3. The lowest BCUT2D eigenvalue weighted by Gasteiger charge is -2.56. The smallest absolute Gasteiger partial charge is 0.171 e. The number of allylic oxidation sites excluding steroid dienone is 1. The molecule has 2 spiro atoms. The van der Waals surface area contributed by atoms with Crippen LogP contribution in [-0.2, 0) is 14.2 Å². The molecule has 1 aromatic carbocycles. The van der Waals surface area contributed by atoms with Crippen molar-refractivity contribution in [2.45, 2.75) is 100.0 Å². The van der Waals surface area contributed by atoms with E-state index in [1.807, 2.05) is 0 Å². The van der Waals surface area contributed by atoms with Gasteiger partial charge in [0.2, 0.25) is 0 Å². The number of hydrogen-bond donors (Lipinski definition) is 1. The van der Waals surface area contributed by atoms with Gasteiger partial charge in [-0.25, -0.2) is 0 Å². The van der Waals surface area contributed by atoms with E-state index in [1.165, 1.54) is 42.4 Å². The van der Waals surface area contributed by atoms with Crippen molar-refractivity contribution in [1.82, 2.24) is 0 Å². The monoisotopic (exact) mass is 462 g/mol. The van der Waals surface area contributed by atoms with Gasteiger partial charge in [-0.3, -0.25) is 0 Å². The average Bonchev–Trinajstić information content (AvgIpc) is 3.75. The molecule has 6 fully saturated rings. The van der Waals surface area contributed by atoms with E-state index in [1.54, 1.807) is 5.57 Å². The standard InChI is InChI=1S/C30H38O4/c1-27-16-23(21-6-4-20(5-7-21)19-2-3-19)26-22(24(27)9-12-29(27)18-34-29)8-11-28(31)17-30(13-10-25(26)28)32-14-15-33-30/h4-7,19,22-24,31H,2-3,8-18H2,1H3/t22-,23?,24-,27-,28+,29?/m0/s1. The molecule has 2 unspecified atom stereocenters. The quantitative estimate of drug-likeness (QED) is 0.459. The van der Waals surface area contributed by atoms with Gasteiger partial charge in [-0.1, -0.05) is 36.8 Å². The fraction of sp³-hybridized carbons (Fsp3) is 0.733. The van der Waals surface area contributed by atoms with Crippen LogP contribution >= 0.6 is 0 Å². The molecule has 1 N–H and O–H groups in total. The minimum Gasteiger partial charge on any atom is -0.385 e. The Hall–Kier alpha value is -1.20. The van der Waals surface area contributed by atoms with Crippen molar-refractivity contribution < 1.29 is 19.3 Å². The van der Waals surface area contributed by atoms with Crippen LogP contribution in [0.15, 0.2) is 35.4 Å². The molecule has 0 radical (unpaired) electrons. The van der Waals surface area contributed by atoms with Crippen LogP contribution in [0.25, 0.3) is 0 Å². The largest absolute Gasteiger partial charge is 0.385 e. The predicted octanol–water partition coefficient (Wildman–Crippen LogP) is 5.60. The maximum Gasteiger partial charge on any atom is 0.171 e. The van der Waals surface area contributed by atoms with Gasteiger partial charge in [-0.05, 0) is 85.8 Å². The highest BCUT2D eigenvalue weighted by atomic mass is 16.7. The van der Waals surface area contributed by atoms with Crippen molar-refractivity contribution in [1.29, 1.82) is 0 Å². The van der Waals surface area contributed by atoms with Crippen molar-refractivity contribution in [2.75, 3.05) is 19.8 Å². The first-order valence-corrected chi connectivity index (χ1v) is 13.9. The summed E-state index contributed by atoms with van der Waals surface area (Å²) in [4.78, 5) is 0. The molecular weight excluding hydrogens is 424 g/mol. The summed E-state index contributed by atoms with van der Waals surface area (Å²) in [6.07, 6.45) is 10.7. The van der Waals surface area contributed by atoms with Crippen LogP contribution in [0.5, 0.6) is 0 Å². The minimum absolute atomic E-state index is 0.121. The van der Waals surface area contributed by atoms with Gasteiger partial charge in [0.1, 0.15) is 0 Å². The fourth-order valence-electron chi connectivity index (χ4n) is 9.37. The van der Waals surface area contributed by atoms with Gasteiger partial charge in [-0.15, -0.1) is 0 Å². The Labute approximate surface area is 203 Å². The summed E-state index contributed by atoms with van der Waals surface area (Å²) in [6.45, 7) is 4.81. The molecule has 8 rings (SSSR count). The highest BCUT2D eigenvalue weighted by molar-refractivity contribution is 5.45. The van der Waals surface area contributed by atoms with Crippen LogP contribution in [0.4, 0.5) is 0 Å². The zero-order chi connectivity index (χ0) is 22.8.